The topological polar surface area (TPSA) is 21.3 Å². The molecule has 0 radical (unpaired) electrons. The van der Waals surface area contributed by atoms with Gasteiger partial charge in [0.05, 0.1) is 11.6 Å². The fourth-order valence-corrected chi connectivity index (χ4v) is 2.20. The highest BCUT2D eigenvalue weighted by Crippen LogP contribution is 2.28. The molecule has 0 heterocycles. The Kier molecular flexibility index (Phi) is 4.37. The predicted molar refractivity (Wildman–Crippen MR) is 74.4 cm³/mol. The van der Waals surface area contributed by atoms with Crippen LogP contribution >= 0.6 is 15.9 Å². The van der Waals surface area contributed by atoms with Crippen LogP contribution in [-0.2, 0) is 6.54 Å². The van der Waals surface area contributed by atoms with Crippen molar-refractivity contribution in [2.75, 3.05) is 12.4 Å². The number of anilines is 1. The quantitative estimate of drug-likeness (QED) is 0.901. The third kappa shape index (κ3) is 3.23. The fraction of sp³-hybridized carbons (Fsp3) is 0.143. The van der Waals surface area contributed by atoms with Crippen LogP contribution in [0.1, 0.15) is 5.56 Å². The summed E-state index contributed by atoms with van der Waals surface area (Å²) in [7, 11) is 1.58. The van der Waals surface area contributed by atoms with Gasteiger partial charge >= 0.3 is 0 Å². The van der Waals surface area contributed by atoms with E-state index in [2.05, 4.69) is 21.2 Å². The zero-order chi connectivity index (χ0) is 13.8. The summed E-state index contributed by atoms with van der Waals surface area (Å²) in [6.07, 6.45) is 0. The van der Waals surface area contributed by atoms with E-state index >= 15 is 0 Å². The number of rotatable bonds is 4. The highest BCUT2D eigenvalue weighted by Gasteiger charge is 2.07. The molecule has 2 rings (SSSR count). The maximum atomic E-state index is 13.5. The molecule has 0 atom stereocenters. The van der Waals surface area contributed by atoms with E-state index in [4.69, 9.17) is 4.74 Å². The fourth-order valence-electron chi connectivity index (χ4n) is 1.66. The van der Waals surface area contributed by atoms with Crippen molar-refractivity contribution in [3.8, 4) is 5.75 Å². The molecule has 19 heavy (non-hydrogen) atoms. The second kappa shape index (κ2) is 6.02. The van der Waals surface area contributed by atoms with Crippen molar-refractivity contribution in [2.45, 2.75) is 6.54 Å². The van der Waals surface area contributed by atoms with Crippen LogP contribution in [0.4, 0.5) is 14.5 Å². The van der Waals surface area contributed by atoms with E-state index in [9.17, 15) is 8.78 Å². The molecule has 0 aliphatic carbocycles. The van der Waals surface area contributed by atoms with E-state index < -0.39 is 11.6 Å². The van der Waals surface area contributed by atoms with Crippen LogP contribution in [0, 0.1) is 11.6 Å². The molecule has 1 N–H and O–H groups in total. The van der Waals surface area contributed by atoms with Crippen molar-refractivity contribution in [3.63, 3.8) is 0 Å². The summed E-state index contributed by atoms with van der Waals surface area (Å²) in [4.78, 5) is 0. The van der Waals surface area contributed by atoms with Crippen LogP contribution in [0.15, 0.2) is 40.9 Å². The Hall–Kier alpha value is -1.62. The molecular formula is C14H12BrF2NO. The summed E-state index contributed by atoms with van der Waals surface area (Å²) >= 11 is 3.36. The molecule has 0 aliphatic rings. The molecule has 0 fully saturated rings. The van der Waals surface area contributed by atoms with Gasteiger partial charge in [-0.15, -0.1) is 0 Å². The highest BCUT2D eigenvalue weighted by molar-refractivity contribution is 9.10. The highest BCUT2D eigenvalue weighted by atomic mass is 79.9. The third-order valence-corrected chi connectivity index (χ3v) is 3.29. The molecule has 2 nitrogen and oxygen atoms in total. The molecule has 0 aromatic heterocycles. The molecule has 0 spiro atoms. The largest absolute Gasteiger partial charge is 0.496 e. The van der Waals surface area contributed by atoms with Crippen molar-refractivity contribution < 1.29 is 13.5 Å². The van der Waals surface area contributed by atoms with Crippen LogP contribution in [0.25, 0.3) is 0 Å². The van der Waals surface area contributed by atoms with Gasteiger partial charge in [-0.2, -0.15) is 0 Å². The van der Waals surface area contributed by atoms with E-state index in [1.54, 1.807) is 25.3 Å². The Balaban J connectivity index is 2.10. The van der Waals surface area contributed by atoms with Crippen molar-refractivity contribution in [1.82, 2.24) is 0 Å². The van der Waals surface area contributed by atoms with E-state index in [1.165, 1.54) is 6.07 Å². The second-order valence-electron chi connectivity index (χ2n) is 3.92. The first-order valence-corrected chi connectivity index (χ1v) is 6.41. The van der Waals surface area contributed by atoms with Crippen molar-refractivity contribution >= 4 is 21.6 Å². The summed E-state index contributed by atoms with van der Waals surface area (Å²) in [6.45, 7) is 0.211. The SMILES string of the molecule is COc1ccc(NCc2cccc(F)c2F)cc1Br. The van der Waals surface area contributed by atoms with Crippen molar-refractivity contribution in [3.05, 3.63) is 58.1 Å². The van der Waals surface area contributed by atoms with Crippen molar-refractivity contribution in [1.29, 1.82) is 0 Å². The first-order chi connectivity index (χ1) is 9.11. The van der Waals surface area contributed by atoms with Crippen LogP contribution in [0.2, 0.25) is 0 Å². The number of nitrogens with one attached hydrogen (secondary N) is 1. The number of halogens is 3. The van der Waals surface area contributed by atoms with Crippen LogP contribution in [0.3, 0.4) is 0 Å². The van der Waals surface area contributed by atoms with E-state index in [-0.39, 0.29) is 12.1 Å². The van der Waals surface area contributed by atoms with Gasteiger partial charge in [-0.05, 0) is 40.2 Å². The molecule has 0 saturated heterocycles. The molecule has 0 saturated carbocycles. The average molecular weight is 328 g/mol. The molecule has 0 unspecified atom stereocenters. The lowest BCUT2D eigenvalue weighted by Gasteiger charge is -2.10. The number of hydrogen-bond donors (Lipinski definition) is 1. The Morgan fingerprint density at radius 1 is 1.21 bits per heavy atom. The Morgan fingerprint density at radius 3 is 2.68 bits per heavy atom. The van der Waals surface area contributed by atoms with E-state index in [0.29, 0.717) is 5.75 Å². The molecule has 5 heteroatoms. The van der Waals surface area contributed by atoms with Crippen molar-refractivity contribution in [2.24, 2.45) is 0 Å². The summed E-state index contributed by atoms with van der Waals surface area (Å²) in [5.41, 5.74) is 1.07. The van der Waals surface area contributed by atoms with Gasteiger partial charge in [-0.3, -0.25) is 0 Å². The van der Waals surface area contributed by atoms with Crippen LogP contribution in [0.5, 0.6) is 5.75 Å². The molecule has 0 amide bonds. The van der Waals surface area contributed by atoms with Gasteiger partial charge < -0.3 is 10.1 Å². The minimum atomic E-state index is -0.838. The molecular weight excluding hydrogens is 316 g/mol. The zero-order valence-electron chi connectivity index (χ0n) is 10.2. The normalized spacial score (nSPS) is 10.3. The van der Waals surface area contributed by atoms with Crippen LogP contribution in [-0.4, -0.2) is 7.11 Å². The average Bonchev–Trinajstić information content (AvgIpc) is 2.40. The minimum Gasteiger partial charge on any atom is -0.496 e. The van der Waals surface area contributed by atoms with Gasteiger partial charge in [-0.1, -0.05) is 12.1 Å². The summed E-state index contributed by atoms with van der Waals surface area (Å²) in [5, 5.41) is 3.03. The lowest BCUT2D eigenvalue weighted by atomic mass is 10.2. The summed E-state index contributed by atoms with van der Waals surface area (Å²) < 4.78 is 32.4. The Labute approximate surface area is 118 Å². The van der Waals surface area contributed by atoms with Gasteiger partial charge in [0.1, 0.15) is 5.75 Å². The number of methoxy groups -OCH3 is 1. The standard InChI is InChI=1S/C14H12BrF2NO/c1-19-13-6-5-10(7-11(13)15)18-8-9-3-2-4-12(16)14(9)17/h2-7,18H,8H2,1H3. The Bertz CT molecular complexity index is 590. The minimum absolute atomic E-state index is 0.211. The number of ether oxygens (including phenoxy) is 1. The summed E-state index contributed by atoms with van der Waals surface area (Å²) in [6, 6.07) is 9.54. The first kappa shape index (κ1) is 13.8. The molecule has 2 aromatic carbocycles. The molecule has 0 bridgehead atoms. The zero-order valence-corrected chi connectivity index (χ0v) is 11.8. The van der Waals surface area contributed by atoms with Gasteiger partial charge in [0.2, 0.25) is 0 Å². The lowest BCUT2D eigenvalue weighted by molar-refractivity contribution is 0.412. The number of benzene rings is 2. The summed E-state index contributed by atoms with van der Waals surface area (Å²) in [5.74, 6) is -0.944. The molecule has 2 aromatic rings. The van der Waals surface area contributed by atoms with Gasteiger partial charge in [0.15, 0.2) is 11.6 Å². The molecule has 0 aliphatic heterocycles. The first-order valence-electron chi connectivity index (χ1n) is 5.62. The van der Waals surface area contributed by atoms with E-state index in [1.807, 2.05) is 6.07 Å². The lowest BCUT2D eigenvalue weighted by Crippen LogP contribution is -2.03. The Morgan fingerprint density at radius 2 is 2.00 bits per heavy atom. The van der Waals surface area contributed by atoms with E-state index in [0.717, 1.165) is 16.2 Å². The number of hydrogen-bond acceptors (Lipinski definition) is 2. The predicted octanol–water partition coefficient (Wildman–Crippen LogP) is 4.35. The smallest absolute Gasteiger partial charge is 0.163 e. The maximum Gasteiger partial charge on any atom is 0.163 e. The van der Waals surface area contributed by atoms with Gasteiger partial charge in [0, 0.05) is 17.8 Å². The molecule has 100 valence electrons. The monoisotopic (exact) mass is 327 g/mol. The van der Waals surface area contributed by atoms with Crippen LogP contribution < -0.4 is 10.1 Å². The van der Waals surface area contributed by atoms with Gasteiger partial charge in [-0.25, -0.2) is 8.78 Å². The second-order valence-corrected chi connectivity index (χ2v) is 4.77. The maximum absolute atomic E-state index is 13.5. The van der Waals surface area contributed by atoms with Gasteiger partial charge in [0.25, 0.3) is 0 Å². The third-order valence-electron chi connectivity index (χ3n) is 2.67.